The number of benzene rings is 1. The van der Waals surface area contributed by atoms with Gasteiger partial charge in [-0.2, -0.15) is 13.9 Å². The number of alkyl halides is 2. The molecule has 0 saturated heterocycles. The van der Waals surface area contributed by atoms with E-state index in [1.165, 1.54) is 24.3 Å². The van der Waals surface area contributed by atoms with Gasteiger partial charge in [0.15, 0.2) is 0 Å². The van der Waals surface area contributed by atoms with Crippen LogP contribution in [0.4, 0.5) is 8.78 Å². The Hall–Kier alpha value is -1.96. The summed E-state index contributed by atoms with van der Waals surface area (Å²) in [6.07, 6.45) is 3.43. The van der Waals surface area contributed by atoms with Crippen LogP contribution in [0.15, 0.2) is 41.1 Å². The number of halogens is 3. The van der Waals surface area contributed by atoms with Gasteiger partial charge >= 0.3 is 6.61 Å². The fraction of sp³-hybridized carbons (Fsp3) is 0.231. The van der Waals surface area contributed by atoms with Gasteiger partial charge in [-0.05, 0) is 34.1 Å². The van der Waals surface area contributed by atoms with E-state index in [1.54, 1.807) is 17.1 Å². The molecule has 21 heavy (non-hydrogen) atoms. The van der Waals surface area contributed by atoms with E-state index in [9.17, 15) is 13.6 Å². The molecule has 0 bridgehead atoms. The molecule has 5 nitrogen and oxygen atoms in total. The summed E-state index contributed by atoms with van der Waals surface area (Å²) in [5.41, 5.74) is 0.259. The first-order chi connectivity index (χ1) is 10.0. The van der Waals surface area contributed by atoms with Crippen molar-refractivity contribution in [2.45, 2.75) is 13.2 Å². The molecule has 0 spiro atoms. The van der Waals surface area contributed by atoms with Gasteiger partial charge in [0.25, 0.3) is 5.91 Å². The Bertz CT molecular complexity index is 619. The van der Waals surface area contributed by atoms with Crippen LogP contribution >= 0.6 is 15.9 Å². The maximum Gasteiger partial charge on any atom is 0.387 e. The Labute approximate surface area is 128 Å². The van der Waals surface area contributed by atoms with Crippen LogP contribution in [0.5, 0.6) is 5.75 Å². The molecule has 0 atom stereocenters. The van der Waals surface area contributed by atoms with Crippen LogP contribution in [0.3, 0.4) is 0 Å². The zero-order valence-corrected chi connectivity index (χ0v) is 12.4. The normalized spacial score (nSPS) is 10.7. The highest BCUT2D eigenvalue weighted by Crippen LogP contribution is 2.15. The maximum atomic E-state index is 12.1. The first-order valence-corrected chi connectivity index (χ1v) is 6.85. The quantitative estimate of drug-likeness (QED) is 0.862. The van der Waals surface area contributed by atoms with Gasteiger partial charge in [0.05, 0.1) is 17.2 Å². The second kappa shape index (κ2) is 7.16. The molecule has 0 aliphatic heterocycles. The van der Waals surface area contributed by atoms with Crippen molar-refractivity contribution in [3.8, 4) is 5.75 Å². The van der Waals surface area contributed by atoms with Crippen LogP contribution in [0, 0.1) is 0 Å². The van der Waals surface area contributed by atoms with Crippen molar-refractivity contribution >= 4 is 21.8 Å². The van der Waals surface area contributed by atoms with E-state index in [1.807, 2.05) is 0 Å². The molecule has 2 rings (SSSR count). The number of amides is 1. The molecule has 0 aliphatic carbocycles. The van der Waals surface area contributed by atoms with Crippen molar-refractivity contribution in [3.05, 3.63) is 46.7 Å². The highest BCUT2D eigenvalue weighted by atomic mass is 79.9. The fourth-order valence-corrected chi connectivity index (χ4v) is 1.99. The first kappa shape index (κ1) is 15.4. The summed E-state index contributed by atoms with van der Waals surface area (Å²) in [6, 6.07) is 5.64. The average Bonchev–Trinajstić information content (AvgIpc) is 2.84. The predicted molar refractivity (Wildman–Crippen MR) is 75.3 cm³/mol. The number of nitrogens with zero attached hydrogens (tertiary/aromatic N) is 2. The van der Waals surface area contributed by atoms with Crippen LogP contribution in [0.25, 0.3) is 0 Å². The molecule has 1 aromatic carbocycles. The first-order valence-electron chi connectivity index (χ1n) is 6.05. The largest absolute Gasteiger partial charge is 0.435 e. The molecular formula is C13H12BrF2N3O2. The smallest absolute Gasteiger partial charge is 0.387 e. The molecule has 1 N–H and O–H groups in total. The van der Waals surface area contributed by atoms with E-state index < -0.39 is 6.61 Å². The fourth-order valence-electron chi connectivity index (χ4n) is 1.66. The zero-order valence-electron chi connectivity index (χ0n) is 10.8. The third kappa shape index (κ3) is 4.82. The topological polar surface area (TPSA) is 56.2 Å². The maximum absolute atomic E-state index is 12.1. The number of nitrogens with one attached hydrogen (secondary N) is 1. The van der Waals surface area contributed by atoms with Gasteiger partial charge in [-0.3, -0.25) is 9.48 Å². The monoisotopic (exact) mass is 359 g/mol. The van der Waals surface area contributed by atoms with E-state index in [-0.39, 0.29) is 17.2 Å². The lowest BCUT2D eigenvalue weighted by molar-refractivity contribution is -0.0498. The van der Waals surface area contributed by atoms with Crippen molar-refractivity contribution in [1.82, 2.24) is 15.1 Å². The molecule has 0 saturated carbocycles. The number of hydrogen-bond acceptors (Lipinski definition) is 3. The molecule has 0 aliphatic rings. The van der Waals surface area contributed by atoms with Gasteiger partial charge in [0.2, 0.25) is 0 Å². The lowest BCUT2D eigenvalue weighted by atomic mass is 10.2. The SMILES string of the molecule is O=C(NCCn1cc(Br)cn1)c1cccc(OC(F)F)c1. The minimum absolute atomic E-state index is 0.0475. The number of carbonyl (C=O) groups is 1. The number of aromatic nitrogens is 2. The Balaban J connectivity index is 1.88. The molecule has 0 radical (unpaired) electrons. The molecule has 1 heterocycles. The van der Waals surface area contributed by atoms with E-state index in [0.29, 0.717) is 13.1 Å². The van der Waals surface area contributed by atoms with Crippen LogP contribution in [-0.2, 0) is 6.54 Å². The highest BCUT2D eigenvalue weighted by Gasteiger charge is 2.09. The van der Waals surface area contributed by atoms with Crippen molar-refractivity contribution in [1.29, 1.82) is 0 Å². The molecule has 1 aromatic heterocycles. The summed E-state index contributed by atoms with van der Waals surface area (Å²) in [5, 5.41) is 6.73. The van der Waals surface area contributed by atoms with Crippen LogP contribution < -0.4 is 10.1 Å². The lowest BCUT2D eigenvalue weighted by Crippen LogP contribution is -2.27. The Morgan fingerprint density at radius 1 is 1.48 bits per heavy atom. The van der Waals surface area contributed by atoms with Crippen LogP contribution in [0.2, 0.25) is 0 Å². The summed E-state index contributed by atoms with van der Waals surface area (Å²) < 4.78 is 31.0. The van der Waals surface area contributed by atoms with Gasteiger partial charge in [0, 0.05) is 18.3 Å². The standard InChI is InChI=1S/C13H12BrF2N3O2/c14-10-7-18-19(8-10)5-4-17-12(20)9-2-1-3-11(6-9)21-13(15)16/h1-3,6-8,13H,4-5H2,(H,17,20). The summed E-state index contributed by atoms with van der Waals surface area (Å²) in [6.45, 7) is -2.04. The Kier molecular flexibility index (Phi) is 5.26. The van der Waals surface area contributed by atoms with Crippen molar-refractivity contribution < 1.29 is 18.3 Å². The minimum atomic E-state index is -2.92. The molecule has 8 heteroatoms. The number of carbonyl (C=O) groups excluding carboxylic acids is 1. The zero-order chi connectivity index (χ0) is 15.2. The summed E-state index contributed by atoms with van der Waals surface area (Å²) >= 11 is 3.27. The van der Waals surface area contributed by atoms with E-state index in [4.69, 9.17) is 0 Å². The number of rotatable bonds is 6. The molecule has 0 unspecified atom stereocenters. The molecular weight excluding hydrogens is 348 g/mol. The minimum Gasteiger partial charge on any atom is -0.435 e. The molecule has 112 valence electrons. The van der Waals surface area contributed by atoms with Crippen LogP contribution in [0.1, 0.15) is 10.4 Å². The van der Waals surface area contributed by atoms with Gasteiger partial charge in [0.1, 0.15) is 5.75 Å². The number of hydrogen-bond donors (Lipinski definition) is 1. The molecule has 0 fully saturated rings. The Morgan fingerprint density at radius 2 is 2.29 bits per heavy atom. The number of ether oxygens (including phenoxy) is 1. The second-order valence-electron chi connectivity index (χ2n) is 4.08. The van der Waals surface area contributed by atoms with E-state index in [0.717, 1.165) is 4.47 Å². The third-order valence-corrected chi connectivity index (χ3v) is 2.96. The second-order valence-corrected chi connectivity index (χ2v) is 5.00. The highest BCUT2D eigenvalue weighted by molar-refractivity contribution is 9.10. The van der Waals surface area contributed by atoms with Gasteiger partial charge in [-0.25, -0.2) is 0 Å². The summed E-state index contributed by atoms with van der Waals surface area (Å²) in [7, 11) is 0. The molecule has 2 aromatic rings. The van der Waals surface area contributed by atoms with E-state index in [2.05, 4.69) is 31.1 Å². The lowest BCUT2D eigenvalue weighted by Gasteiger charge is -2.08. The van der Waals surface area contributed by atoms with Crippen LogP contribution in [-0.4, -0.2) is 28.8 Å². The van der Waals surface area contributed by atoms with Gasteiger partial charge in [-0.1, -0.05) is 6.07 Å². The van der Waals surface area contributed by atoms with Gasteiger partial charge in [-0.15, -0.1) is 0 Å². The summed E-state index contributed by atoms with van der Waals surface area (Å²) in [5.74, 6) is -0.408. The molecule has 1 amide bonds. The average molecular weight is 360 g/mol. The van der Waals surface area contributed by atoms with Crippen molar-refractivity contribution in [2.75, 3.05) is 6.54 Å². The van der Waals surface area contributed by atoms with Gasteiger partial charge < -0.3 is 10.1 Å². The third-order valence-electron chi connectivity index (χ3n) is 2.55. The van der Waals surface area contributed by atoms with Crippen molar-refractivity contribution in [2.24, 2.45) is 0 Å². The summed E-state index contributed by atoms with van der Waals surface area (Å²) in [4.78, 5) is 11.9. The predicted octanol–water partition coefficient (Wildman–Crippen LogP) is 2.68. The van der Waals surface area contributed by atoms with E-state index >= 15 is 0 Å². The van der Waals surface area contributed by atoms with Crippen molar-refractivity contribution in [3.63, 3.8) is 0 Å². The Morgan fingerprint density at radius 3 is 2.95 bits per heavy atom.